The monoisotopic (exact) mass is 331 g/mol. The Kier molecular flexibility index (Phi) is 4.71. The Labute approximate surface area is 140 Å². The fraction of sp³-hybridized carbons (Fsp3) is 0.412. The van der Waals surface area contributed by atoms with Gasteiger partial charge >= 0.3 is 5.97 Å². The van der Waals surface area contributed by atoms with Crippen molar-refractivity contribution in [2.45, 2.75) is 25.9 Å². The zero-order valence-corrected chi connectivity index (χ0v) is 13.8. The molecule has 0 saturated heterocycles. The van der Waals surface area contributed by atoms with E-state index in [-0.39, 0.29) is 6.42 Å². The number of aromatic nitrogens is 2. The van der Waals surface area contributed by atoms with Gasteiger partial charge in [-0.25, -0.2) is 0 Å². The Morgan fingerprint density at radius 3 is 2.83 bits per heavy atom. The van der Waals surface area contributed by atoms with Crippen LogP contribution in [0.4, 0.5) is 0 Å². The molecule has 2 aromatic rings. The highest BCUT2D eigenvalue weighted by atomic mass is 16.5. The number of methoxy groups -OCH3 is 2. The minimum atomic E-state index is -0.819. The van der Waals surface area contributed by atoms with Gasteiger partial charge in [0.1, 0.15) is 0 Å². The van der Waals surface area contributed by atoms with E-state index >= 15 is 0 Å². The number of carboxylic acids is 1. The average Bonchev–Trinajstić information content (AvgIpc) is 2.98. The summed E-state index contributed by atoms with van der Waals surface area (Å²) in [7, 11) is 3.20. The molecule has 0 saturated carbocycles. The van der Waals surface area contributed by atoms with E-state index in [0.717, 1.165) is 42.0 Å². The minimum Gasteiger partial charge on any atom is -0.493 e. The van der Waals surface area contributed by atoms with Crippen molar-refractivity contribution in [1.29, 1.82) is 0 Å². The summed E-state index contributed by atoms with van der Waals surface area (Å²) in [6, 6.07) is 5.70. The molecule has 1 aliphatic heterocycles. The Hall–Kier alpha value is -2.54. The van der Waals surface area contributed by atoms with Crippen LogP contribution in [0.1, 0.15) is 17.7 Å². The molecule has 0 unspecified atom stereocenters. The van der Waals surface area contributed by atoms with Crippen LogP contribution in [-0.2, 0) is 24.3 Å². The van der Waals surface area contributed by atoms with E-state index < -0.39 is 5.97 Å². The maximum absolute atomic E-state index is 10.9. The molecule has 3 rings (SSSR count). The lowest BCUT2D eigenvalue weighted by atomic mass is 10.0. The van der Waals surface area contributed by atoms with Gasteiger partial charge in [-0.3, -0.25) is 9.48 Å². The summed E-state index contributed by atoms with van der Waals surface area (Å²) in [6.07, 6.45) is 0.905. The summed E-state index contributed by atoms with van der Waals surface area (Å²) < 4.78 is 12.5. The summed E-state index contributed by atoms with van der Waals surface area (Å²) in [6.45, 7) is 1.98. The zero-order chi connectivity index (χ0) is 17.1. The lowest BCUT2D eigenvalue weighted by Crippen LogP contribution is -2.25. The van der Waals surface area contributed by atoms with Crippen LogP contribution in [0.5, 0.6) is 11.5 Å². The van der Waals surface area contributed by atoms with E-state index in [1.54, 1.807) is 14.2 Å². The first-order valence-corrected chi connectivity index (χ1v) is 7.87. The number of rotatable bonds is 6. The lowest BCUT2D eigenvalue weighted by Gasteiger charge is -2.15. The van der Waals surface area contributed by atoms with Gasteiger partial charge in [0, 0.05) is 36.3 Å². The Balaban J connectivity index is 2.02. The van der Waals surface area contributed by atoms with Gasteiger partial charge in [0.15, 0.2) is 11.5 Å². The van der Waals surface area contributed by atoms with Crippen molar-refractivity contribution in [1.82, 2.24) is 15.1 Å². The second-order valence-electron chi connectivity index (χ2n) is 5.64. The predicted molar refractivity (Wildman–Crippen MR) is 88.4 cm³/mol. The van der Waals surface area contributed by atoms with Gasteiger partial charge < -0.3 is 19.9 Å². The third-order valence-corrected chi connectivity index (χ3v) is 4.20. The van der Waals surface area contributed by atoms with Crippen molar-refractivity contribution in [3.63, 3.8) is 0 Å². The molecule has 0 radical (unpaired) electrons. The van der Waals surface area contributed by atoms with E-state index in [0.29, 0.717) is 18.0 Å². The molecule has 7 nitrogen and oxygen atoms in total. The van der Waals surface area contributed by atoms with Crippen LogP contribution < -0.4 is 14.8 Å². The molecule has 128 valence electrons. The number of benzene rings is 1. The number of nitrogens with zero attached hydrogens (tertiary/aromatic N) is 2. The van der Waals surface area contributed by atoms with Crippen LogP contribution in [0.3, 0.4) is 0 Å². The molecule has 0 spiro atoms. The zero-order valence-electron chi connectivity index (χ0n) is 13.8. The van der Waals surface area contributed by atoms with Gasteiger partial charge in [0.2, 0.25) is 0 Å². The van der Waals surface area contributed by atoms with Crippen molar-refractivity contribution in [2.75, 3.05) is 20.8 Å². The Morgan fingerprint density at radius 2 is 2.12 bits per heavy atom. The highest BCUT2D eigenvalue weighted by Gasteiger charge is 2.22. The first-order chi connectivity index (χ1) is 11.6. The van der Waals surface area contributed by atoms with E-state index in [1.807, 2.05) is 22.9 Å². The topological polar surface area (TPSA) is 85.6 Å². The van der Waals surface area contributed by atoms with Crippen molar-refractivity contribution in [2.24, 2.45) is 0 Å². The first-order valence-electron chi connectivity index (χ1n) is 7.87. The second kappa shape index (κ2) is 6.92. The van der Waals surface area contributed by atoms with Crippen molar-refractivity contribution in [3.8, 4) is 22.8 Å². The van der Waals surface area contributed by atoms with Gasteiger partial charge in [-0.2, -0.15) is 5.10 Å². The number of nitrogens with one attached hydrogen (secondary N) is 1. The molecular formula is C17H21N3O4. The molecule has 0 amide bonds. The molecule has 1 aromatic heterocycles. The van der Waals surface area contributed by atoms with Crippen molar-refractivity contribution >= 4 is 5.97 Å². The molecule has 7 heteroatoms. The molecular weight excluding hydrogens is 310 g/mol. The van der Waals surface area contributed by atoms with E-state index in [4.69, 9.17) is 14.6 Å². The van der Waals surface area contributed by atoms with Crippen LogP contribution >= 0.6 is 0 Å². The number of carbonyl (C=O) groups is 1. The summed E-state index contributed by atoms with van der Waals surface area (Å²) in [4.78, 5) is 10.9. The van der Waals surface area contributed by atoms with Crippen molar-refractivity contribution in [3.05, 3.63) is 29.5 Å². The van der Waals surface area contributed by atoms with Gasteiger partial charge in [0.05, 0.1) is 32.9 Å². The molecule has 1 aromatic carbocycles. The molecule has 2 heterocycles. The smallest absolute Gasteiger partial charge is 0.305 e. The largest absolute Gasteiger partial charge is 0.493 e. The summed E-state index contributed by atoms with van der Waals surface area (Å²) >= 11 is 0. The number of hydrogen-bond donors (Lipinski definition) is 2. The number of ether oxygens (including phenoxy) is 2. The van der Waals surface area contributed by atoms with Crippen molar-refractivity contribution < 1.29 is 19.4 Å². The van der Waals surface area contributed by atoms with Crippen LogP contribution in [0.2, 0.25) is 0 Å². The number of fused-ring (bicyclic) bond motifs is 1. The van der Waals surface area contributed by atoms with Gasteiger partial charge in [0.25, 0.3) is 0 Å². The first kappa shape index (κ1) is 16.3. The van der Waals surface area contributed by atoms with Gasteiger partial charge in [-0.1, -0.05) is 0 Å². The van der Waals surface area contributed by atoms with Gasteiger partial charge in [-0.15, -0.1) is 0 Å². The van der Waals surface area contributed by atoms with E-state index in [2.05, 4.69) is 10.4 Å². The molecule has 0 bridgehead atoms. The summed E-state index contributed by atoms with van der Waals surface area (Å²) in [5, 5.41) is 17.0. The molecule has 0 aliphatic carbocycles. The Morgan fingerprint density at radius 1 is 1.33 bits per heavy atom. The maximum Gasteiger partial charge on any atom is 0.305 e. The summed E-state index contributed by atoms with van der Waals surface area (Å²) in [5.74, 6) is 0.493. The van der Waals surface area contributed by atoms with Crippen LogP contribution in [0, 0.1) is 0 Å². The molecule has 24 heavy (non-hydrogen) atoms. The minimum absolute atomic E-state index is 0.0624. The van der Waals surface area contributed by atoms with Crippen LogP contribution in [0.15, 0.2) is 18.2 Å². The van der Waals surface area contributed by atoms with Crippen LogP contribution in [0.25, 0.3) is 11.3 Å². The maximum atomic E-state index is 10.9. The Bertz CT molecular complexity index is 755. The summed E-state index contributed by atoms with van der Waals surface area (Å²) in [5.41, 5.74) is 4.03. The third kappa shape index (κ3) is 3.07. The molecule has 0 atom stereocenters. The second-order valence-corrected chi connectivity index (χ2v) is 5.64. The number of carboxylic acid groups (broad SMARTS) is 1. The fourth-order valence-electron chi connectivity index (χ4n) is 3.02. The predicted octanol–water partition coefficient (Wildman–Crippen LogP) is 1.69. The SMILES string of the molecule is COc1ccc(-c2nn(CCC(=O)O)c3c2CNCC3)cc1OC. The highest BCUT2D eigenvalue weighted by molar-refractivity contribution is 5.68. The number of hydrogen-bond acceptors (Lipinski definition) is 5. The quantitative estimate of drug-likeness (QED) is 0.838. The lowest BCUT2D eigenvalue weighted by molar-refractivity contribution is -0.137. The number of aryl methyl sites for hydroxylation is 1. The third-order valence-electron chi connectivity index (χ3n) is 4.20. The van der Waals surface area contributed by atoms with Crippen LogP contribution in [-0.4, -0.2) is 41.6 Å². The van der Waals surface area contributed by atoms with Gasteiger partial charge in [-0.05, 0) is 18.2 Å². The molecule has 2 N–H and O–H groups in total. The van der Waals surface area contributed by atoms with E-state index in [1.165, 1.54) is 0 Å². The van der Waals surface area contributed by atoms with E-state index in [9.17, 15) is 4.79 Å². The highest BCUT2D eigenvalue weighted by Crippen LogP contribution is 2.34. The molecule has 1 aliphatic rings. The average molecular weight is 331 g/mol. The standard InChI is InChI=1S/C17H21N3O4/c1-23-14-4-3-11(9-15(14)24-2)17-12-10-18-7-5-13(12)20(19-17)8-6-16(21)22/h3-4,9,18H,5-8,10H2,1-2H3,(H,21,22). The number of aliphatic carboxylic acids is 1. The molecule has 0 fully saturated rings. The normalized spacial score (nSPS) is 13.4. The fourth-order valence-corrected chi connectivity index (χ4v) is 3.02.